The first-order chi connectivity index (χ1) is 13.2. The lowest BCUT2D eigenvalue weighted by Gasteiger charge is -2.26. The molecule has 0 bridgehead atoms. The lowest BCUT2D eigenvalue weighted by atomic mass is 10.2. The molecule has 138 valence electrons. The lowest BCUT2D eigenvalue weighted by Crippen LogP contribution is -2.33. The van der Waals surface area contributed by atoms with Crippen LogP contribution in [0.3, 0.4) is 0 Å². The van der Waals surface area contributed by atoms with Gasteiger partial charge in [-0.3, -0.25) is 0 Å². The van der Waals surface area contributed by atoms with E-state index in [1.807, 2.05) is 28.2 Å². The zero-order valence-electron chi connectivity index (χ0n) is 15.4. The minimum Gasteiger partial charge on any atom is -0.354 e. The Morgan fingerprint density at radius 2 is 1.81 bits per heavy atom. The predicted octanol–water partition coefficient (Wildman–Crippen LogP) is 1.50. The van der Waals surface area contributed by atoms with Gasteiger partial charge in [0, 0.05) is 49.8 Å². The van der Waals surface area contributed by atoms with Crippen molar-refractivity contribution in [1.29, 1.82) is 0 Å². The van der Waals surface area contributed by atoms with Gasteiger partial charge in [-0.1, -0.05) is 0 Å². The average molecular weight is 363 g/mol. The molecule has 1 fully saturated rings. The van der Waals surface area contributed by atoms with E-state index in [4.69, 9.17) is 5.10 Å². The molecular formula is C18H21N9. The molecule has 1 saturated heterocycles. The quantitative estimate of drug-likeness (QED) is 0.534. The maximum atomic E-state index is 4.70. The second-order valence-corrected chi connectivity index (χ2v) is 6.87. The molecule has 0 unspecified atom stereocenters. The number of anilines is 2. The summed E-state index contributed by atoms with van der Waals surface area (Å²) in [6, 6.07) is 4.07. The fourth-order valence-corrected chi connectivity index (χ4v) is 3.72. The zero-order chi connectivity index (χ0) is 18.4. The number of aromatic nitrogens is 7. The van der Waals surface area contributed by atoms with Gasteiger partial charge in [0.15, 0.2) is 5.65 Å². The Morgan fingerprint density at radius 1 is 0.963 bits per heavy atom. The molecule has 1 aliphatic heterocycles. The Morgan fingerprint density at radius 3 is 2.74 bits per heavy atom. The maximum absolute atomic E-state index is 4.70. The van der Waals surface area contributed by atoms with Crippen molar-refractivity contribution >= 4 is 23.1 Å². The number of aryl methyl sites for hydroxylation is 1. The smallest absolute Gasteiger partial charge is 0.254 e. The molecule has 9 nitrogen and oxygen atoms in total. The van der Waals surface area contributed by atoms with Crippen LogP contribution in [0.15, 0.2) is 30.9 Å². The predicted molar refractivity (Wildman–Crippen MR) is 102 cm³/mol. The van der Waals surface area contributed by atoms with Crippen LogP contribution in [0.1, 0.15) is 17.7 Å². The van der Waals surface area contributed by atoms with Crippen molar-refractivity contribution in [2.45, 2.75) is 20.3 Å². The highest BCUT2D eigenvalue weighted by molar-refractivity contribution is 5.55. The first-order valence-corrected chi connectivity index (χ1v) is 9.18. The molecule has 0 N–H and O–H groups in total. The molecule has 5 heterocycles. The minimum atomic E-state index is 0.654. The summed E-state index contributed by atoms with van der Waals surface area (Å²) < 4.78 is 3.68. The van der Waals surface area contributed by atoms with Crippen molar-refractivity contribution in [2.75, 3.05) is 36.0 Å². The highest BCUT2D eigenvalue weighted by Gasteiger charge is 2.22. The Bertz CT molecular complexity index is 1110. The van der Waals surface area contributed by atoms with Gasteiger partial charge in [0.2, 0.25) is 0 Å². The van der Waals surface area contributed by atoms with Gasteiger partial charge in [0.25, 0.3) is 5.78 Å². The number of hydrogen-bond donors (Lipinski definition) is 0. The van der Waals surface area contributed by atoms with E-state index in [-0.39, 0.29) is 0 Å². The Balaban J connectivity index is 1.45. The lowest BCUT2D eigenvalue weighted by molar-refractivity contribution is 0.761. The average Bonchev–Trinajstić information content (AvgIpc) is 3.26. The van der Waals surface area contributed by atoms with Crippen LogP contribution in [0.2, 0.25) is 0 Å². The summed E-state index contributed by atoms with van der Waals surface area (Å²) in [7, 11) is 0. The van der Waals surface area contributed by atoms with E-state index in [9.17, 15) is 0 Å². The van der Waals surface area contributed by atoms with Crippen LogP contribution in [-0.4, -0.2) is 60.4 Å². The Labute approximate surface area is 156 Å². The van der Waals surface area contributed by atoms with Crippen LogP contribution in [0.5, 0.6) is 0 Å². The number of nitrogens with zero attached hydrogens (tertiary/aromatic N) is 9. The molecule has 0 aliphatic carbocycles. The first-order valence-electron chi connectivity index (χ1n) is 9.18. The van der Waals surface area contributed by atoms with Gasteiger partial charge < -0.3 is 9.80 Å². The van der Waals surface area contributed by atoms with E-state index in [1.54, 1.807) is 12.5 Å². The van der Waals surface area contributed by atoms with Gasteiger partial charge in [-0.25, -0.2) is 14.5 Å². The van der Waals surface area contributed by atoms with Crippen LogP contribution in [0.4, 0.5) is 11.6 Å². The van der Waals surface area contributed by atoms with Crippen LogP contribution in [0, 0.1) is 13.8 Å². The van der Waals surface area contributed by atoms with Gasteiger partial charge in [0.1, 0.15) is 18.0 Å². The minimum absolute atomic E-state index is 0.654. The monoisotopic (exact) mass is 363 g/mol. The molecule has 0 aromatic carbocycles. The van der Waals surface area contributed by atoms with Crippen molar-refractivity contribution < 1.29 is 0 Å². The van der Waals surface area contributed by atoms with E-state index in [0.717, 1.165) is 61.1 Å². The van der Waals surface area contributed by atoms with Crippen LogP contribution < -0.4 is 9.80 Å². The molecular weight excluding hydrogens is 342 g/mol. The third kappa shape index (κ3) is 2.66. The maximum Gasteiger partial charge on any atom is 0.254 e. The van der Waals surface area contributed by atoms with Gasteiger partial charge >= 0.3 is 0 Å². The second kappa shape index (κ2) is 6.19. The van der Waals surface area contributed by atoms with E-state index < -0.39 is 0 Å². The normalized spacial score (nSPS) is 15.6. The molecule has 1 aliphatic rings. The molecule has 0 amide bonds. The summed E-state index contributed by atoms with van der Waals surface area (Å²) in [5.74, 6) is 2.73. The second-order valence-electron chi connectivity index (χ2n) is 6.87. The largest absolute Gasteiger partial charge is 0.354 e. The fourth-order valence-electron chi connectivity index (χ4n) is 3.72. The Kier molecular flexibility index (Phi) is 3.66. The molecule has 4 aromatic heterocycles. The topological polar surface area (TPSA) is 79.8 Å². The van der Waals surface area contributed by atoms with E-state index in [1.165, 1.54) is 0 Å². The van der Waals surface area contributed by atoms with E-state index >= 15 is 0 Å². The highest BCUT2D eigenvalue weighted by atomic mass is 15.4. The summed E-state index contributed by atoms with van der Waals surface area (Å²) >= 11 is 0. The van der Waals surface area contributed by atoms with E-state index in [0.29, 0.717) is 5.78 Å². The highest BCUT2D eigenvalue weighted by Crippen LogP contribution is 2.24. The number of fused-ring (bicyclic) bond motifs is 2. The van der Waals surface area contributed by atoms with Crippen LogP contribution in [-0.2, 0) is 0 Å². The van der Waals surface area contributed by atoms with Gasteiger partial charge in [-0.15, -0.1) is 5.10 Å². The third-order valence-electron chi connectivity index (χ3n) is 5.24. The molecule has 9 heteroatoms. The number of rotatable bonds is 2. The molecule has 5 rings (SSSR count). The standard InChI is InChI=1S/C18H21N9/c1-13-14(2)22-18-20-12-21-27(18)17(13)25-8-3-7-24(10-11-25)16-5-4-15-19-6-9-26(15)23-16/h4-6,9,12H,3,7-8,10-11H2,1-2H3. The summed E-state index contributed by atoms with van der Waals surface area (Å²) in [4.78, 5) is 17.8. The fraction of sp³-hybridized carbons (Fsp3) is 0.389. The molecule has 27 heavy (non-hydrogen) atoms. The van der Waals surface area contributed by atoms with Gasteiger partial charge in [0.05, 0.1) is 0 Å². The van der Waals surface area contributed by atoms with E-state index in [2.05, 4.69) is 42.8 Å². The number of hydrogen-bond acceptors (Lipinski definition) is 7. The molecule has 0 spiro atoms. The molecule has 0 atom stereocenters. The van der Waals surface area contributed by atoms with Gasteiger partial charge in [-0.2, -0.15) is 14.6 Å². The van der Waals surface area contributed by atoms with Gasteiger partial charge in [-0.05, 0) is 32.4 Å². The molecule has 0 radical (unpaired) electrons. The number of imidazole rings is 1. The molecule has 4 aromatic rings. The van der Waals surface area contributed by atoms with Crippen LogP contribution in [0.25, 0.3) is 11.4 Å². The van der Waals surface area contributed by atoms with Crippen LogP contribution >= 0.6 is 0 Å². The van der Waals surface area contributed by atoms with Crippen molar-refractivity contribution in [2.24, 2.45) is 0 Å². The van der Waals surface area contributed by atoms with Crippen molar-refractivity contribution in [3.05, 3.63) is 42.1 Å². The first kappa shape index (κ1) is 16.0. The van der Waals surface area contributed by atoms with Crippen molar-refractivity contribution in [1.82, 2.24) is 34.2 Å². The summed E-state index contributed by atoms with van der Waals surface area (Å²) in [6.45, 7) is 7.85. The Hall–Kier alpha value is -3.23. The van der Waals surface area contributed by atoms with Crippen molar-refractivity contribution in [3.63, 3.8) is 0 Å². The molecule has 0 saturated carbocycles. The SMILES string of the molecule is Cc1nc2ncnn2c(N2CCCN(c3ccc4nccn4n3)CC2)c1C. The third-order valence-corrected chi connectivity index (χ3v) is 5.24. The summed E-state index contributed by atoms with van der Waals surface area (Å²) in [5, 5.41) is 9.09. The summed E-state index contributed by atoms with van der Waals surface area (Å²) in [5.41, 5.74) is 3.02. The summed E-state index contributed by atoms with van der Waals surface area (Å²) in [6.07, 6.45) is 6.27. The zero-order valence-corrected chi connectivity index (χ0v) is 15.4. The van der Waals surface area contributed by atoms with Crippen molar-refractivity contribution in [3.8, 4) is 0 Å².